The minimum atomic E-state index is -0.104. The molecule has 0 radical (unpaired) electrons. The second-order valence-corrected chi connectivity index (χ2v) is 3.65. The van der Waals surface area contributed by atoms with Crippen LogP contribution >= 0.6 is 12.4 Å². The SMILES string of the molecule is Cl.NCCCCCNC(=O)c1ccc(O)cc1. The summed E-state index contributed by atoms with van der Waals surface area (Å²) in [5, 5.41) is 11.9. The lowest BCUT2D eigenvalue weighted by molar-refractivity contribution is 0.0953. The average Bonchev–Trinajstić information content (AvgIpc) is 2.29. The number of hydrogen-bond donors (Lipinski definition) is 3. The summed E-state index contributed by atoms with van der Waals surface area (Å²) < 4.78 is 0. The van der Waals surface area contributed by atoms with Gasteiger partial charge in [0.25, 0.3) is 5.91 Å². The van der Waals surface area contributed by atoms with Gasteiger partial charge in [0.05, 0.1) is 0 Å². The van der Waals surface area contributed by atoms with Crippen molar-refractivity contribution in [1.29, 1.82) is 0 Å². The van der Waals surface area contributed by atoms with Gasteiger partial charge in [-0.25, -0.2) is 0 Å². The third kappa shape index (κ3) is 6.14. The van der Waals surface area contributed by atoms with E-state index in [1.165, 1.54) is 12.1 Å². The largest absolute Gasteiger partial charge is 0.508 e. The van der Waals surface area contributed by atoms with Crippen molar-refractivity contribution in [3.8, 4) is 5.75 Å². The normalized spacial score (nSPS) is 9.47. The van der Waals surface area contributed by atoms with Crippen LogP contribution in [-0.4, -0.2) is 24.1 Å². The third-order valence-corrected chi connectivity index (χ3v) is 2.30. The highest BCUT2D eigenvalue weighted by atomic mass is 35.5. The van der Waals surface area contributed by atoms with E-state index >= 15 is 0 Å². The summed E-state index contributed by atoms with van der Waals surface area (Å²) in [6.45, 7) is 1.37. The van der Waals surface area contributed by atoms with Crippen LogP contribution in [0.5, 0.6) is 5.75 Å². The molecule has 0 aromatic heterocycles. The fourth-order valence-electron chi connectivity index (χ4n) is 1.36. The number of carbonyl (C=O) groups excluding carboxylic acids is 1. The van der Waals surface area contributed by atoms with E-state index in [0.29, 0.717) is 18.7 Å². The number of nitrogens with two attached hydrogens (primary N) is 1. The summed E-state index contributed by atoms with van der Waals surface area (Å²) >= 11 is 0. The number of benzene rings is 1. The van der Waals surface area contributed by atoms with E-state index in [0.717, 1.165) is 19.3 Å². The number of phenolic OH excluding ortho intramolecular Hbond substituents is 1. The summed E-state index contributed by atoms with van der Waals surface area (Å²) in [7, 11) is 0. The van der Waals surface area contributed by atoms with Crippen LogP contribution in [0.4, 0.5) is 0 Å². The first-order valence-corrected chi connectivity index (χ1v) is 5.51. The molecule has 0 unspecified atom stereocenters. The van der Waals surface area contributed by atoms with Crippen molar-refractivity contribution in [3.05, 3.63) is 29.8 Å². The van der Waals surface area contributed by atoms with E-state index in [1.807, 2.05) is 0 Å². The van der Waals surface area contributed by atoms with Gasteiger partial charge in [-0.2, -0.15) is 0 Å². The van der Waals surface area contributed by atoms with E-state index in [-0.39, 0.29) is 24.1 Å². The summed E-state index contributed by atoms with van der Waals surface area (Å²) in [4.78, 5) is 11.6. The zero-order chi connectivity index (χ0) is 11.8. The maximum atomic E-state index is 11.6. The molecule has 0 saturated carbocycles. The molecule has 0 saturated heterocycles. The van der Waals surface area contributed by atoms with Crippen molar-refractivity contribution in [3.63, 3.8) is 0 Å². The minimum Gasteiger partial charge on any atom is -0.508 e. The fraction of sp³-hybridized carbons (Fsp3) is 0.417. The smallest absolute Gasteiger partial charge is 0.251 e. The van der Waals surface area contributed by atoms with Gasteiger partial charge in [0.15, 0.2) is 0 Å². The molecule has 4 nitrogen and oxygen atoms in total. The molecule has 0 bridgehead atoms. The van der Waals surface area contributed by atoms with Gasteiger partial charge in [-0.15, -0.1) is 12.4 Å². The second kappa shape index (κ2) is 8.84. The molecule has 96 valence electrons. The number of hydrogen-bond acceptors (Lipinski definition) is 3. The predicted octanol–water partition coefficient (Wildman–Crippen LogP) is 1.67. The summed E-state index contributed by atoms with van der Waals surface area (Å²) in [5.41, 5.74) is 5.93. The molecular formula is C12H19ClN2O2. The van der Waals surface area contributed by atoms with Crippen molar-refractivity contribution in [2.24, 2.45) is 5.73 Å². The fourth-order valence-corrected chi connectivity index (χ4v) is 1.36. The van der Waals surface area contributed by atoms with Crippen LogP contribution in [0, 0.1) is 0 Å². The van der Waals surface area contributed by atoms with Gasteiger partial charge >= 0.3 is 0 Å². The standard InChI is InChI=1S/C12H18N2O2.ClH/c13-8-2-1-3-9-14-12(16)10-4-6-11(15)7-5-10;/h4-7,15H,1-3,8-9,13H2,(H,14,16);1H. The highest BCUT2D eigenvalue weighted by molar-refractivity contribution is 5.94. The average molecular weight is 259 g/mol. The van der Waals surface area contributed by atoms with E-state index in [9.17, 15) is 4.79 Å². The maximum absolute atomic E-state index is 11.6. The number of nitrogens with one attached hydrogen (secondary N) is 1. The van der Waals surface area contributed by atoms with Gasteiger partial charge in [0.1, 0.15) is 5.75 Å². The van der Waals surface area contributed by atoms with Crippen molar-refractivity contribution >= 4 is 18.3 Å². The quantitative estimate of drug-likeness (QED) is 0.680. The lowest BCUT2D eigenvalue weighted by Crippen LogP contribution is -2.24. The number of phenols is 1. The molecule has 0 aliphatic heterocycles. The third-order valence-electron chi connectivity index (χ3n) is 2.30. The molecule has 0 aliphatic rings. The predicted molar refractivity (Wildman–Crippen MR) is 70.6 cm³/mol. The number of amides is 1. The first kappa shape index (κ1) is 15.7. The molecule has 1 rings (SSSR count). The molecule has 1 amide bonds. The highest BCUT2D eigenvalue weighted by Gasteiger charge is 2.03. The number of halogens is 1. The monoisotopic (exact) mass is 258 g/mol. The Bertz CT molecular complexity index is 328. The lowest BCUT2D eigenvalue weighted by Gasteiger charge is -2.04. The number of aromatic hydroxyl groups is 1. The maximum Gasteiger partial charge on any atom is 0.251 e. The van der Waals surface area contributed by atoms with Crippen LogP contribution in [0.1, 0.15) is 29.6 Å². The summed E-state index contributed by atoms with van der Waals surface area (Å²) in [6, 6.07) is 6.21. The van der Waals surface area contributed by atoms with Crippen LogP contribution in [0.2, 0.25) is 0 Å². The molecule has 4 N–H and O–H groups in total. The van der Waals surface area contributed by atoms with E-state index in [1.54, 1.807) is 12.1 Å². The summed E-state index contributed by atoms with van der Waals surface area (Å²) in [5.74, 6) is 0.0623. The van der Waals surface area contributed by atoms with Gasteiger partial charge in [-0.1, -0.05) is 6.42 Å². The molecule has 0 aliphatic carbocycles. The number of carbonyl (C=O) groups is 1. The van der Waals surface area contributed by atoms with E-state index in [4.69, 9.17) is 10.8 Å². The Hall–Kier alpha value is -1.26. The van der Waals surface area contributed by atoms with Gasteiger partial charge < -0.3 is 16.2 Å². The van der Waals surface area contributed by atoms with Gasteiger partial charge in [-0.05, 0) is 43.7 Å². The zero-order valence-corrected chi connectivity index (χ0v) is 10.5. The topological polar surface area (TPSA) is 75.3 Å². The lowest BCUT2D eigenvalue weighted by atomic mass is 10.2. The Labute approximate surface area is 108 Å². The highest BCUT2D eigenvalue weighted by Crippen LogP contribution is 2.09. The molecule has 1 aromatic rings. The van der Waals surface area contributed by atoms with E-state index in [2.05, 4.69) is 5.32 Å². The van der Waals surface area contributed by atoms with Crippen LogP contribution in [0.15, 0.2) is 24.3 Å². The van der Waals surface area contributed by atoms with Crippen molar-refractivity contribution in [2.75, 3.05) is 13.1 Å². The molecule has 0 spiro atoms. The van der Waals surface area contributed by atoms with Crippen molar-refractivity contribution in [2.45, 2.75) is 19.3 Å². The Morgan fingerprint density at radius 3 is 2.41 bits per heavy atom. The van der Waals surface area contributed by atoms with Crippen LogP contribution < -0.4 is 11.1 Å². The first-order valence-electron chi connectivity index (χ1n) is 5.51. The molecule has 0 atom stereocenters. The molecule has 17 heavy (non-hydrogen) atoms. The van der Waals surface area contributed by atoms with Crippen LogP contribution in [-0.2, 0) is 0 Å². The molecule has 1 aromatic carbocycles. The Morgan fingerprint density at radius 2 is 1.82 bits per heavy atom. The number of unbranched alkanes of at least 4 members (excludes halogenated alkanes) is 2. The molecule has 0 fully saturated rings. The second-order valence-electron chi connectivity index (χ2n) is 3.65. The van der Waals surface area contributed by atoms with Gasteiger partial charge in [0, 0.05) is 12.1 Å². The van der Waals surface area contributed by atoms with Crippen LogP contribution in [0.25, 0.3) is 0 Å². The Kier molecular flexibility index (Phi) is 8.19. The van der Waals surface area contributed by atoms with Crippen molar-refractivity contribution < 1.29 is 9.90 Å². The molecule has 5 heteroatoms. The van der Waals surface area contributed by atoms with Gasteiger partial charge in [-0.3, -0.25) is 4.79 Å². The van der Waals surface area contributed by atoms with Gasteiger partial charge in [0.2, 0.25) is 0 Å². The Balaban J connectivity index is 0.00000256. The first-order chi connectivity index (χ1) is 7.74. The molecular weight excluding hydrogens is 240 g/mol. The number of rotatable bonds is 6. The van der Waals surface area contributed by atoms with E-state index < -0.39 is 0 Å². The minimum absolute atomic E-state index is 0. The summed E-state index contributed by atoms with van der Waals surface area (Å²) in [6.07, 6.45) is 2.97. The van der Waals surface area contributed by atoms with Crippen molar-refractivity contribution in [1.82, 2.24) is 5.32 Å². The zero-order valence-electron chi connectivity index (χ0n) is 9.69. The van der Waals surface area contributed by atoms with Crippen LogP contribution in [0.3, 0.4) is 0 Å². The Morgan fingerprint density at radius 1 is 1.18 bits per heavy atom. The molecule has 0 heterocycles.